The molecule has 1 saturated heterocycles. The normalized spacial score (nSPS) is 21.1. The van der Waals surface area contributed by atoms with E-state index in [-0.39, 0.29) is 5.91 Å². The number of piperidine rings is 1. The number of aromatic nitrogens is 2. The molecule has 0 spiro atoms. The van der Waals surface area contributed by atoms with Crippen LogP contribution in [0.2, 0.25) is 0 Å². The Kier molecular flexibility index (Phi) is 6.09. The molecule has 0 aliphatic carbocycles. The average Bonchev–Trinajstić information content (AvgIpc) is 3.11. The van der Waals surface area contributed by atoms with Crippen LogP contribution in [0.25, 0.3) is 0 Å². The van der Waals surface area contributed by atoms with Crippen LogP contribution in [0, 0.1) is 25.7 Å². The number of anilines is 1. The van der Waals surface area contributed by atoms with Gasteiger partial charge in [0.25, 0.3) is 0 Å². The predicted octanol–water partition coefficient (Wildman–Crippen LogP) is 3.80. The van der Waals surface area contributed by atoms with Crippen LogP contribution in [0.5, 0.6) is 0 Å². The Morgan fingerprint density at radius 3 is 2.73 bits per heavy atom. The maximum Gasteiger partial charge on any atom is 0.226 e. The van der Waals surface area contributed by atoms with E-state index in [2.05, 4.69) is 34.2 Å². The van der Waals surface area contributed by atoms with Crippen molar-refractivity contribution in [2.75, 3.05) is 18.4 Å². The molecular weight excluding hydrogens is 348 g/mol. The minimum atomic E-state index is -0.0221. The second-order valence-electron chi connectivity index (χ2n) is 7.64. The van der Waals surface area contributed by atoms with Crippen LogP contribution in [0.4, 0.5) is 5.13 Å². The number of hydrogen-bond donors (Lipinski definition) is 1. The van der Waals surface area contributed by atoms with E-state index >= 15 is 0 Å². The molecule has 2 atom stereocenters. The third kappa shape index (κ3) is 4.92. The topological polar surface area (TPSA) is 71.3 Å². The second kappa shape index (κ2) is 8.31. The molecule has 1 aliphatic heterocycles. The molecule has 0 aromatic carbocycles. The number of nitrogens with zero attached hydrogens (tertiary/aromatic N) is 3. The standard InChI is InChI=1S/C19H28N4O2S/c1-12-7-13(2)9-23(8-12)10-16-11-26-19(20-16)21-18(24)6-5-17-14(3)22-25-15(17)4/h11-13H,5-10H2,1-4H3,(H,20,21,24). The van der Waals surface area contributed by atoms with Gasteiger partial charge in [-0.2, -0.15) is 0 Å². The van der Waals surface area contributed by atoms with Crippen LogP contribution >= 0.6 is 11.3 Å². The van der Waals surface area contributed by atoms with Crippen LogP contribution in [-0.4, -0.2) is 34.0 Å². The summed E-state index contributed by atoms with van der Waals surface area (Å²) in [4.78, 5) is 19.3. The van der Waals surface area contributed by atoms with Crippen molar-refractivity contribution in [1.29, 1.82) is 0 Å². The van der Waals surface area contributed by atoms with Gasteiger partial charge in [0.15, 0.2) is 5.13 Å². The molecule has 3 rings (SSSR count). The Bertz CT molecular complexity index is 725. The lowest BCUT2D eigenvalue weighted by molar-refractivity contribution is -0.116. The van der Waals surface area contributed by atoms with Gasteiger partial charge in [-0.1, -0.05) is 19.0 Å². The highest BCUT2D eigenvalue weighted by Gasteiger charge is 2.22. The fourth-order valence-electron chi connectivity index (χ4n) is 3.87. The molecule has 0 bridgehead atoms. The van der Waals surface area contributed by atoms with Crippen LogP contribution in [0.15, 0.2) is 9.90 Å². The van der Waals surface area contributed by atoms with E-state index in [9.17, 15) is 4.79 Å². The lowest BCUT2D eigenvalue weighted by Crippen LogP contribution is -2.38. The number of carbonyl (C=O) groups is 1. The zero-order valence-corrected chi connectivity index (χ0v) is 16.9. The van der Waals surface area contributed by atoms with Crippen molar-refractivity contribution in [3.63, 3.8) is 0 Å². The Morgan fingerprint density at radius 1 is 1.35 bits per heavy atom. The van der Waals surface area contributed by atoms with E-state index in [1.54, 1.807) is 0 Å². The predicted molar refractivity (Wildman–Crippen MR) is 103 cm³/mol. The fourth-order valence-corrected chi connectivity index (χ4v) is 4.58. The zero-order valence-electron chi connectivity index (χ0n) is 16.0. The second-order valence-corrected chi connectivity index (χ2v) is 8.49. The zero-order chi connectivity index (χ0) is 18.7. The lowest BCUT2D eigenvalue weighted by atomic mass is 9.92. The molecule has 1 N–H and O–H groups in total. The fraction of sp³-hybridized carbons (Fsp3) is 0.632. The van der Waals surface area contributed by atoms with E-state index in [0.717, 1.165) is 54.2 Å². The van der Waals surface area contributed by atoms with Crippen LogP contribution in [0.3, 0.4) is 0 Å². The molecule has 0 radical (unpaired) electrons. The summed E-state index contributed by atoms with van der Waals surface area (Å²) in [6.45, 7) is 11.5. The maximum atomic E-state index is 12.2. The summed E-state index contributed by atoms with van der Waals surface area (Å²) in [6, 6.07) is 0. The summed E-state index contributed by atoms with van der Waals surface area (Å²) < 4.78 is 5.14. The Labute approximate surface area is 159 Å². The number of amides is 1. The molecular formula is C19H28N4O2S. The molecule has 7 heteroatoms. The summed E-state index contributed by atoms with van der Waals surface area (Å²) in [5.41, 5.74) is 2.92. The smallest absolute Gasteiger partial charge is 0.226 e. The van der Waals surface area contributed by atoms with Crippen molar-refractivity contribution >= 4 is 22.4 Å². The summed E-state index contributed by atoms with van der Waals surface area (Å²) in [7, 11) is 0. The average molecular weight is 377 g/mol. The van der Waals surface area contributed by atoms with Crippen molar-refractivity contribution in [2.24, 2.45) is 11.8 Å². The number of thiazole rings is 1. The van der Waals surface area contributed by atoms with Gasteiger partial charge in [-0.3, -0.25) is 9.69 Å². The highest BCUT2D eigenvalue weighted by atomic mass is 32.1. The highest BCUT2D eigenvalue weighted by Crippen LogP contribution is 2.24. The first kappa shape index (κ1) is 19.0. The summed E-state index contributed by atoms with van der Waals surface area (Å²) >= 11 is 1.50. The van der Waals surface area contributed by atoms with Gasteiger partial charge in [0.2, 0.25) is 5.91 Å². The molecule has 142 valence electrons. The van der Waals surface area contributed by atoms with Crippen LogP contribution < -0.4 is 5.32 Å². The highest BCUT2D eigenvalue weighted by molar-refractivity contribution is 7.13. The SMILES string of the molecule is Cc1noc(C)c1CCC(=O)Nc1nc(CN2CC(C)CC(C)C2)cs1. The molecule has 3 heterocycles. The Morgan fingerprint density at radius 2 is 2.08 bits per heavy atom. The van der Waals surface area contributed by atoms with Gasteiger partial charge in [0.05, 0.1) is 11.4 Å². The third-order valence-electron chi connectivity index (χ3n) is 4.91. The van der Waals surface area contributed by atoms with Gasteiger partial charge >= 0.3 is 0 Å². The molecule has 1 amide bonds. The Balaban J connectivity index is 1.49. The van der Waals surface area contributed by atoms with Gasteiger partial charge in [-0.05, 0) is 38.5 Å². The van der Waals surface area contributed by atoms with Crippen LogP contribution in [-0.2, 0) is 17.8 Å². The van der Waals surface area contributed by atoms with Crippen molar-refractivity contribution in [2.45, 2.75) is 53.5 Å². The lowest BCUT2D eigenvalue weighted by Gasteiger charge is -2.34. The van der Waals surface area contributed by atoms with Crippen molar-refractivity contribution < 1.29 is 9.32 Å². The Hall–Kier alpha value is -1.73. The molecule has 6 nitrogen and oxygen atoms in total. The quantitative estimate of drug-likeness (QED) is 0.830. The molecule has 26 heavy (non-hydrogen) atoms. The first-order valence-electron chi connectivity index (χ1n) is 9.29. The largest absolute Gasteiger partial charge is 0.361 e. The molecule has 1 aliphatic rings. The van der Waals surface area contributed by atoms with E-state index in [4.69, 9.17) is 4.52 Å². The van der Waals surface area contributed by atoms with E-state index in [0.29, 0.717) is 18.0 Å². The van der Waals surface area contributed by atoms with E-state index in [1.165, 1.54) is 17.8 Å². The van der Waals surface area contributed by atoms with Crippen LogP contribution in [0.1, 0.15) is 49.4 Å². The van der Waals surface area contributed by atoms with E-state index in [1.807, 2.05) is 19.2 Å². The molecule has 1 fully saturated rings. The number of carbonyl (C=O) groups excluding carboxylic acids is 1. The van der Waals surface area contributed by atoms with Gasteiger partial charge in [-0.25, -0.2) is 4.98 Å². The number of aryl methyl sites for hydroxylation is 2. The molecule has 2 aromatic heterocycles. The van der Waals surface area contributed by atoms with Gasteiger partial charge in [0, 0.05) is 37.0 Å². The number of likely N-dealkylation sites (tertiary alicyclic amines) is 1. The monoisotopic (exact) mass is 376 g/mol. The third-order valence-corrected chi connectivity index (χ3v) is 5.72. The summed E-state index contributed by atoms with van der Waals surface area (Å²) in [5.74, 6) is 2.24. The van der Waals surface area contributed by atoms with Crippen molar-refractivity contribution in [1.82, 2.24) is 15.0 Å². The summed E-state index contributed by atoms with van der Waals surface area (Å²) in [6.07, 6.45) is 2.34. The molecule has 2 unspecified atom stereocenters. The minimum Gasteiger partial charge on any atom is -0.361 e. The maximum absolute atomic E-state index is 12.2. The summed E-state index contributed by atoms with van der Waals surface area (Å²) in [5, 5.41) is 9.57. The van der Waals surface area contributed by atoms with Gasteiger partial charge in [0.1, 0.15) is 5.76 Å². The van der Waals surface area contributed by atoms with Crippen molar-refractivity contribution in [3.8, 4) is 0 Å². The van der Waals surface area contributed by atoms with E-state index < -0.39 is 0 Å². The number of hydrogen-bond acceptors (Lipinski definition) is 6. The first-order chi connectivity index (χ1) is 12.4. The molecule has 0 saturated carbocycles. The van der Waals surface area contributed by atoms with Gasteiger partial charge in [-0.15, -0.1) is 11.3 Å². The number of nitrogens with one attached hydrogen (secondary N) is 1. The first-order valence-corrected chi connectivity index (χ1v) is 10.2. The van der Waals surface area contributed by atoms with Gasteiger partial charge < -0.3 is 9.84 Å². The van der Waals surface area contributed by atoms with Crippen molar-refractivity contribution in [3.05, 3.63) is 28.1 Å². The number of rotatable bonds is 6. The molecule has 2 aromatic rings. The minimum absolute atomic E-state index is 0.0221.